The van der Waals surface area contributed by atoms with Crippen molar-refractivity contribution in [3.63, 3.8) is 0 Å². The van der Waals surface area contributed by atoms with E-state index in [0.29, 0.717) is 5.92 Å². The fraction of sp³-hybridized carbons (Fsp3) is 0.625. The van der Waals surface area contributed by atoms with Crippen LogP contribution < -0.4 is 5.76 Å². The Labute approximate surface area is 64.4 Å². The molecule has 11 heavy (non-hydrogen) atoms. The van der Waals surface area contributed by atoms with E-state index in [1.165, 1.54) is 19.3 Å². The third kappa shape index (κ3) is 1.00. The second-order valence-electron chi connectivity index (χ2n) is 3.13. The predicted molar refractivity (Wildman–Crippen MR) is 40.7 cm³/mol. The summed E-state index contributed by atoms with van der Waals surface area (Å²) >= 11 is 0. The van der Waals surface area contributed by atoms with Crippen LogP contribution in [0.3, 0.4) is 0 Å². The summed E-state index contributed by atoms with van der Waals surface area (Å²) in [7, 11) is 0. The zero-order valence-corrected chi connectivity index (χ0v) is 6.52. The second kappa shape index (κ2) is 2.26. The van der Waals surface area contributed by atoms with Gasteiger partial charge in [-0.25, -0.2) is 4.79 Å². The van der Waals surface area contributed by atoms with Crippen LogP contribution in [0.5, 0.6) is 0 Å². The van der Waals surface area contributed by atoms with E-state index < -0.39 is 0 Å². The van der Waals surface area contributed by atoms with Gasteiger partial charge in [-0.05, 0) is 19.8 Å². The molecule has 0 bridgehead atoms. The van der Waals surface area contributed by atoms with E-state index in [-0.39, 0.29) is 5.76 Å². The zero-order valence-electron chi connectivity index (χ0n) is 6.52. The molecule has 0 atom stereocenters. The summed E-state index contributed by atoms with van der Waals surface area (Å²) in [5.41, 5.74) is 0.903. The maximum atomic E-state index is 10.7. The lowest BCUT2D eigenvalue weighted by Crippen LogP contribution is -2.08. The maximum Gasteiger partial charge on any atom is 0.416 e. The minimum atomic E-state index is -0.315. The standard InChI is InChI=1S/C8H11NO2/c1-5-7(6-3-2-4-6)11-8(10)9-5/h6H,2-4H2,1H3,(H,9,10). The van der Waals surface area contributed by atoms with Gasteiger partial charge < -0.3 is 4.42 Å². The molecule has 1 heterocycles. The average molecular weight is 153 g/mol. The molecule has 3 heteroatoms. The maximum absolute atomic E-state index is 10.7. The van der Waals surface area contributed by atoms with Crippen LogP contribution in [0.2, 0.25) is 0 Å². The van der Waals surface area contributed by atoms with Crippen LogP contribution in [0.25, 0.3) is 0 Å². The highest BCUT2D eigenvalue weighted by Gasteiger charge is 2.24. The summed E-state index contributed by atoms with van der Waals surface area (Å²) in [5, 5.41) is 0. The van der Waals surface area contributed by atoms with E-state index in [0.717, 1.165) is 11.5 Å². The number of hydrogen-bond acceptors (Lipinski definition) is 2. The molecule has 0 amide bonds. The van der Waals surface area contributed by atoms with Gasteiger partial charge in [0.05, 0.1) is 5.69 Å². The van der Waals surface area contributed by atoms with E-state index in [2.05, 4.69) is 4.98 Å². The summed E-state index contributed by atoms with van der Waals surface area (Å²) in [6, 6.07) is 0. The van der Waals surface area contributed by atoms with Gasteiger partial charge >= 0.3 is 5.76 Å². The highest BCUT2D eigenvalue weighted by molar-refractivity contribution is 5.12. The van der Waals surface area contributed by atoms with Crippen molar-refractivity contribution < 1.29 is 4.42 Å². The van der Waals surface area contributed by atoms with Crippen LogP contribution >= 0.6 is 0 Å². The van der Waals surface area contributed by atoms with Gasteiger partial charge in [0, 0.05) is 5.92 Å². The molecule has 1 aromatic rings. The minimum Gasteiger partial charge on any atom is -0.412 e. The number of aromatic amines is 1. The summed E-state index contributed by atoms with van der Waals surface area (Å²) in [6.45, 7) is 1.89. The molecule has 2 rings (SSSR count). The lowest BCUT2D eigenvalue weighted by molar-refractivity contribution is 0.335. The third-order valence-electron chi connectivity index (χ3n) is 2.34. The monoisotopic (exact) mass is 153 g/mol. The molecule has 60 valence electrons. The van der Waals surface area contributed by atoms with Crippen molar-refractivity contribution in [1.29, 1.82) is 0 Å². The van der Waals surface area contributed by atoms with Crippen molar-refractivity contribution in [1.82, 2.24) is 4.98 Å². The Morgan fingerprint density at radius 2 is 2.27 bits per heavy atom. The summed E-state index contributed by atoms with van der Waals surface area (Å²) < 4.78 is 5.01. The smallest absolute Gasteiger partial charge is 0.412 e. The number of oxazole rings is 1. The van der Waals surface area contributed by atoms with Crippen LogP contribution in [0.1, 0.15) is 36.6 Å². The van der Waals surface area contributed by atoms with Crippen LogP contribution in [0.4, 0.5) is 0 Å². The molecule has 1 aliphatic carbocycles. The molecular weight excluding hydrogens is 142 g/mol. The van der Waals surface area contributed by atoms with Crippen LogP contribution in [0, 0.1) is 6.92 Å². The molecule has 0 radical (unpaired) electrons. The van der Waals surface area contributed by atoms with Gasteiger partial charge in [-0.1, -0.05) is 6.42 Å². The molecular formula is C8H11NO2. The fourth-order valence-corrected chi connectivity index (χ4v) is 1.48. The Hall–Kier alpha value is -0.990. The lowest BCUT2D eigenvalue weighted by atomic mass is 9.83. The average Bonchev–Trinajstić information content (AvgIpc) is 2.07. The van der Waals surface area contributed by atoms with E-state index in [1.807, 2.05) is 6.92 Å². The first-order valence-corrected chi connectivity index (χ1v) is 3.97. The Bertz CT molecular complexity index is 306. The van der Waals surface area contributed by atoms with Gasteiger partial charge in [-0.2, -0.15) is 0 Å². The molecule has 1 aliphatic rings. The topological polar surface area (TPSA) is 46.0 Å². The van der Waals surface area contributed by atoms with Gasteiger partial charge in [-0.15, -0.1) is 0 Å². The molecule has 0 aromatic carbocycles. The second-order valence-corrected chi connectivity index (χ2v) is 3.13. The third-order valence-corrected chi connectivity index (χ3v) is 2.34. The molecule has 1 aromatic heterocycles. The van der Waals surface area contributed by atoms with Gasteiger partial charge in [0.1, 0.15) is 5.76 Å². The van der Waals surface area contributed by atoms with Crippen LogP contribution in [-0.2, 0) is 0 Å². The summed E-state index contributed by atoms with van der Waals surface area (Å²) in [5.74, 6) is 1.07. The summed E-state index contributed by atoms with van der Waals surface area (Å²) in [6.07, 6.45) is 3.60. The van der Waals surface area contributed by atoms with Crippen molar-refractivity contribution in [2.75, 3.05) is 0 Å². The number of nitrogens with one attached hydrogen (secondary N) is 1. The Morgan fingerprint density at radius 1 is 1.55 bits per heavy atom. The first kappa shape index (κ1) is 6.70. The van der Waals surface area contributed by atoms with E-state index >= 15 is 0 Å². The largest absolute Gasteiger partial charge is 0.416 e. The zero-order chi connectivity index (χ0) is 7.84. The first-order chi connectivity index (χ1) is 5.27. The number of H-pyrrole nitrogens is 1. The van der Waals surface area contributed by atoms with Gasteiger partial charge in [0.25, 0.3) is 0 Å². The predicted octanol–water partition coefficient (Wildman–Crippen LogP) is 1.54. The Balaban J connectivity index is 2.35. The van der Waals surface area contributed by atoms with E-state index in [9.17, 15) is 4.79 Å². The van der Waals surface area contributed by atoms with Crippen molar-refractivity contribution in [2.24, 2.45) is 0 Å². The van der Waals surface area contributed by atoms with E-state index in [1.54, 1.807) is 0 Å². The molecule has 0 spiro atoms. The number of rotatable bonds is 1. The molecule has 1 fully saturated rings. The molecule has 0 unspecified atom stereocenters. The summed E-state index contributed by atoms with van der Waals surface area (Å²) in [4.78, 5) is 13.4. The first-order valence-electron chi connectivity index (χ1n) is 3.97. The highest BCUT2D eigenvalue weighted by Crippen LogP contribution is 2.36. The fourth-order valence-electron chi connectivity index (χ4n) is 1.48. The molecule has 3 nitrogen and oxygen atoms in total. The molecule has 0 aliphatic heterocycles. The van der Waals surface area contributed by atoms with Gasteiger partial charge in [0.15, 0.2) is 0 Å². The van der Waals surface area contributed by atoms with Crippen molar-refractivity contribution >= 4 is 0 Å². The van der Waals surface area contributed by atoms with Crippen molar-refractivity contribution in [3.05, 3.63) is 22.0 Å². The van der Waals surface area contributed by atoms with Gasteiger partial charge in [0.2, 0.25) is 0 Å². The van der Waals surface area contributed by atoms with E-state index in [4.69, 9.17) is 4.42 Å². The van der Waals surface area contributed by atoms with Crippen LogP contribution in [0.15, 0.2) is 9.21 Å². The SMILES string of the molecule is Cc1[nH]c(=O)oc1C1CCC1. The Kier molecular flexibility index (Phi) is 1.37. The normalized spacial score (nSPS) is 18.3. The lowest BCUT2D eigenvalue weighted by Gasteiger charge is -2.22. The van der Waals surface area contributed by atoms with Crippen LogP contribution in [-0.4, -0.2) is 4.98 Å². The minimum absolute atomic E-state index is 0.315. The highest BCUT2D eigenvalue weighted by atomic mass is 16.4. The number of hydrogen-bond donors (Lipinski definition) is 1. The van der Waals surface area contributed by atoms with Crippen molar-refractivity contribution in [2.45, 2.75) is 32.1 Å². The Morgan fingerprint density at radius 3 is 2.64 bits per heavy atom. The van der Waals surface area contributed by atoms with Gasteiger partial charge in [-0.3, -0.25) is 4.98 Å². The quantitative estimate of drug-likeness (QED) is 0.665. The molecule has 1 N–H and O–H groups in total. The van der Waals surface area contributed by atoms with Crippen molar-refractivity contribution in [3.8, 4) is 0 Å². The molecule has 1 saturated carbocycles. The number of aromatic nitrogens is 1. The number of aryl methyl sites for hydroxylation is 1. The molecule has 0 saturated heterocycles.